The fraction of sp³-hybridized carbons (Fsp3) is 0.455. The molecule has 94 valence electrons. The van der Waals surface area contributed by atoms with Crippen molar-refractivity contribution in [3.63, 3.8) is 0 Å². The van der Waals surface area contributed by atoms with Crippen LogP contribution in [0, 0.1) is 6.92 Å². The number of aryl methyl sites for hydroxylation is 1. The second-order valence-corrected chi connectivity index (χ2v) is 3.40. The number of nitrogens with one attached hydrogen (secondary N) is 2. The van der Waals surface area contributed by atoms with Crippen LogP contribution in [-0.4, -0.2) is 37.2 Å². The Kier molecular flexibility index (Phi) is 4.71. The van der Waals surface area contributed by atoms with Gasteiger partial charge in [0.1, 0.15) is 12.2 Å². The van der Waals surface area contributed by atoms with Crippen LogP contribution in [0.15, 0.2) is 6.20 Å². The number of anilines is 1. The zero-order valence-electron chi connectivity index (χ0n) is 10.1. The van der Waals surface area contributed by atoms with E-state index in [0.717, 1.165) is 0 Å². The molecule has 17 heavy (non-hydrogen) atoms. The van der Waals surface area contributed by atoms with E-state index in [2.05, 4.69) is 10.3 Å². The Morgan fingerprint density at radius 1 is 1.47 bits per heavy atom. The van der Waals surface area contributed by atoms with Crippen LogP contribution in [-0.2, 0) is 14.3 Å². The number of rotatable bonds is 5. The molecule has 1 amide bonds. The van der Waals surface area contributed by atoms with Crippen molar-refractivity contribution >= 4 is 17.6 Å². The van der Waals surface area contributed by atoms with E-state index in [9.17, 15) is 9.59 Å². The van der Waals surface area contributed by atoms with Gasteiger partial charge >= 0.3 is 5.97 Å². The summed E-state index contributed by atoms with van der Waals surface area (Å²) in [6, 6.07) is 0. The predicted molar refractivity (Wildman–Crippen MR) is 62.0 cm³/mol. The van der Waals surface area contributed by atoms with Gasteiger partial charge in [0.2, 0.25) is 5.91 Å². The average Bonchev–Trinajstić information content (AvgIpc) is 2.60. The van der Waals surface area contributed by atoms with Crippen molar-refractivity contribution in [3.05, 3.63) is 17.5 Å². The normalized spacial score (nSPS) is 10.1. The molecule has 0 spiro atoms. The Labute approximate surface area is 99.3 Å². The highest BCUT2D eigenvalue weighted by Gasteiger charge is 2.18. The summed E-state index contributed by atoms with van der Waals surface area (Å²) >= 11 is 0. The summed E-state index contributed by atoms with van der Waals surface area (Å²) in [7, 11) is 1.42. The molecule has 1 aromatic rings. The van der Waals surface area contributed by atoms with E-state index in [4.69, 9.17) is 9.47 Å². The number of hydrogen-bond donors (Lipinski definition) is 2. The summed E-state index contributed by atoms with van der Waals surface area (Å²) in [5.41, 5.74) is 1.40. The molecule has 0 saturated heterocycles. The molecule has 0 aliphatic carbocycles. The van der Waals surface area contributed by atoms with E-state index < -0.39 is 5.97 Å². The highest BCUT2D eigenvalue weighted by molar-refractivity contribution is 6.02. The summed E-state index contributed by atoms with van der Waals surface area (Å²) in [5.74, 6) is -0.781. The maximum atomic E-state index is 11.7. The molecule has 6 heteroatoms. The van der Waals surface area contributed by atoms with Crippen molar-refractivity contribution in [2.75, 3.05) is 25.6 Å². The van der Waals surface area contributed by atoms with E-state index in [0.29, 0.717) is 16.9 Å². The van der Waals surface area contributed by atoms with Crippen LogP contribution >= 0.6 is 0 Å². The van der Waals surface area contributed by atoms with Gasteiger partial charge in [-0.15, -0.1) is 0 Å². The monoisotopic (exact) mass is 240 g/mol. The number of amides is 1. The number of ether oxygens (including phenoxy) is 2. The number of carbonyl (C=O) groups excluding carboxylic acids is 2. The lowest BCUT2D eigenvalue weighted by molar-refractivity contribution is -0.119. The SMILES string of the molecule is CCOC(=O)c1c(NC(=O)COC)c[nH]c1C. The summed E-state index contributed by atoms with van der Waals surface area (Å²) in [4.78, 5) is 25.9. The molecule has 0 radical (unpaired) electrons. The van der Waals surface area contributed by atoms with Crippen molar-refractivity contribution in [2.24, 2.45) is 0 Å². The van der Waals surface area contributed by atoms with Gasteiger partial charge in [-0.2, -0.15) is 0 Å². The minimum Gasteiger partial charge on any atom is -0.462 e. The lowest BCUT2D eigenvalue weighted by Crippen LogP contribution is -2.19. The van der Waals surface area contributed by atoms with Crippen LogP contribution in [0.2, 0.25) is 0 Å². The number of esters is 1. The van der Waals surface area contributed by atoms with E-state index >= 15 is 0 Å². The minimum absolute atomic E-state index is 0.0630. The van der Waals surface area contributed by atoms with Crippen LogP contribution in [0.5, 0.6) is 0 Å². The first kappa shape index (κ1) is 13.2. The number of aromatic amines is 1. The van der Waals surface area contributed by atoms with Gasteiger partial charge < -0.3 is 19.8 Å². The van der Waals surface area contributed by atoms with Crippen LogP contribution in [0.1, 0.15) is 23.0 Å². The molecule has 0 unspecified atom stereocenters. The molecule has 0 aliphatic rings. The van der Waals surface area contributed by atoms with Crippen LogP contribution < -0.4 is 5.32 Å². The van der Waals surface area contributed by atoms with Crippen molar-refractivity contribution in [1.29, 1.82) is 0 Å². The smallest absolute Gasteiger partial charge is 0.342 e. The molecule has 1 aromatic heterocycles. The lowest BCUT2D eigenvalue weighted by atomic mass is 10.2. The molecular formula is C11H16N2O4. The second kappa shape index (κ2) is 6.05. The Hall–Kier alpha value is -1.82. The zero-order chi connectivity index (χ0) is 12.8. The number of carbonyl (C=O) groups is 2. The Morgan fingerprint density at radius 2 is 2.18 bits per heavy atom. The molecule has 6 nitrogen and oxygen atoms in total. The highest BCUT2D eigenvalue weighted by atomic mass is 16.5. The van der Waals surface area contributed by atoms with Gasteiger partial charge in [0, 0.05) is 19.0 Å². The van der Waals surface area contributed by atoms with Crippen LogP contribution in [0.3, 0.4) is 0 Å². The standard InChI is InChI=1S/C11H16N2O4/c1-4-17-11(15)10-7(2)12-5-8(10)13-9(14)6-16-3/h5,12H,4,6H2,1-3H3,(H,13,14). The van der Waals surface area contributed by atoms with Crippen molar-refractivity contribution in [2.45, 2.75) is 13.8 Å². The van der Waals surface area contributed by atoms with Crippen LogP contribution in [0.4, 0.5) is 5.69 Å². The van der Waals surface area contributed by atoms with Crippen molar-refractivity contribution in [1.82, 2.24) is 4.98 Å². The molecule has 0 aliphatic heterocycles. The molecule has 0 saturated carbocycles. The highest BCUT2D eigenvalue weighted by Crippen LogP contribution is 2.20. The first-order valence-electron chi connectivity index (χ1n) is 5.24. The number of hydrogen-bond acceptors (Lipinski definition) is 4. The van der Waals surface area contributed by atoms with Crippen LogP contribution in [0.25, 0.3) is 0 Å². The van der Waals surface area contributed by atoms with Gasteiger partial charge in [0.05, 0.1) is 12.3 Å². The van der Waals surface area contributed by atoms with E-state index in [-0.39, 0.29) is 19.1 Å². The van der Waals surface area contributed by atoms with Crippen molar-refractivity contribution in [3.8, 4) is 0 Å². The lowest BCUT2D eigenvalue weighted by Gasteiger charge is -2.06. The third-order valence-corrected chi connectivity index (χ3v) is 2.11. The summed E-state index contributed by atoms with van der Waals surface area (Å²) in [6.45, 7) is 3.68. The van der Waals surface area contributed by atoms with Gasteiger partial charge in [-0.25, -0.2) is 4.79 Å². The van der Waals surface area contributed by atoms with Crippen molar-refractivity contribution < 1.29 is 19.1 Å². The largest absolute Gasteiger partial charge is 0.462 e. The number of H-pyrrole nitrogens is 1. The van der Waals surface area contributed by atoms with Gasteiger partial charge in [0.15, 0.2) is 0 Å². The summed E-state index contributed by atoms with van der Waals surface area (Å²) < 4.78 is 9.60. The third-order valence-electron chi connectivity index (χ3n) is 2.11. The maximum absolute atomic E-state index is 11.7. The molecule has 0 bridgehead atoms. The summed E-state index contributed by atoms with van der Waals surface area (Å²) in [6.07, 6.45) is 1.55. The van der Waals surface area contributed by atoms with Gasteiger partial charge in [0.25, 0.3) is 0 Å². The van der Waals surface area contributed by atoms with Gasteiger partial charge in [-0.05, 0) is 13.8 Å². The molecular weight excluding hydrogens is 224 g/mol. The summed E-state index contributed by atoms with van der Waals surface area (Å²) in [5, 5.41) is 2.58. The Bertz CT molecular complexity index is 412. The molecule has 1 rings (SSSR count). The first-order chi connectivity index (χ1) is 8.10. The topological polar surface area (TPSA) is 80.4 Å². The fourth-order valence-electron chi connectivity index (χ4n) is 1.41. The molecule has 1 heterocycles. The predicted octanol–water partition coefficient (Wildman–Crippen LogP) is 1.08. The first-order valence-corrected chi connectivity index (χ1v) is 5.24. The quantitative estimate of drug-likeness (QED) is 0.755. The number of aromatic nitrogens is 1. The Morgan fingerprint density at radius 3 is 2.76 bits per heavy atom. The van der Waals surface area contributed by atoms with E-state index in [1.165, 1.54) is 7.11 Å². The van der Waals surface area contributed by atoms with E-state index in [1.807, 2.05) is 0 Å². The van der Waals surface area contributed by atoms with Gasteiger partial charge in [-0.1, -0.05) is 0 Å². The van der Waals surface area contributed by atoms with E-state index in [1.54, 1.807) is 20.0 Å². The average molecular weight is 240 g/mol. The zero-order valence-corrected chi connectivity index (χ0v) is 10.1. The minimum atomic E-state index is -0.459. The molecule has 0 atom stereocenters. The van der Waals surface area contributed by atoms with Gasteiger partial charge in [-0.3, -0.25) is 4.79 Å². The third kappa shape index (κ3) is 3.32. The molecule has 0 fully saturated rings. The second-order valence-electron chi connectivity index (χ2n) is 3.40. The Balaban J connectivity index is 2.86. The molecule has 2 N–H and O–H groups in total. The molecule has 0 aromatic carbocycles. The maximum Gasteiger partial charge on any atom is 0.342 e. The number of methoxy groups -OCH3 is 1. The fourth-order valence-corrected chi connectivity index (χ4v) is 1.41.